The molecule has 1 heterocycles. The molecule has 0 aliphatic heterocycles. The molecule has 0 fully saturated rings. The summed E-state index contributed by atoms with van der Waals surface area (Å²) in [4.78, 5) is 38.1. The van der Waals surface area contributed by atoms with E-state index < -0.39 is 23.3 Å². The summed E-state index contributed by atoms with van der Waals surface area (Å²) in [5.74, 6) is 4.25. The molecule has 31 heavy (non-hydrogen) atoms. The number of hydrogen-bond donors (Lipinski definition) is 3. The number of ether oxygens (including phenoxy) is 1. The fourth-order valence-electron chi connectivity index (χ4n) is 2.74. The van der Waals surface area contributed by atoms with Crippen LogP contribution < -0.4 is 10.8 Å². The lowest BCUT2D eigenvalue weighted by atomic mass is 9.96. The van der Waals surface area contributed by atoms with Gasteiger partial charge in [0.05, 0.1) is 5.56 Å². The van der Waals surface area contributed by atoms with Crippen molar-refractivity contribution in [2.75, 3.05) is 21.2 Å². The molecule has 0 saturated carbocycles. The lowest BCUT2D eigenvalue weighted by Gasteiger charge is -2.34. The topological polar surface area (TPSA) is 121 Å². The second-order valence-corrected chi connectivity index (χ2v) is 6.90. The number of hydrogen-bond acceptors (Lipinski definition) is 6. The number of carbonyl (C=O) groups excluding carboxylic acids is 3. The van der Waals surface area contributed by atoms with Gasteiger partial charge < -0.3 is 19.4 Å². The van der Waals surface area contributed by atoms with E-state index in [4.69, 9.17) is 14.4 Å². The Kier molecular flexibility index (Phi) is 7.58. The Bertz CT molecular complexity index is 1000. The number of amides is 3. The average molecular weight is 427 g/mol. The molecule has 3 N–H and O–H groups in total. The van der Waals surface area contributed by atoms with Gasteiger partial charge in [-0.1, -0.05) is 11.8 Å². The van der Waals surface area contributed by atoms with Gasteiger partial charge in [0, 0.05) is 32.3 Å². The molecule has 2 rings (SSSR count). The number of benzene rings is 1. The van der Waals surface area contributed by atoms with Gasteiger partial charge in [0.15, 0.2) is 5.54 Å². The van der Waals surface area contributed by atoms with Crippen LogP contribution in [0.25, 0.3) is 0 Å². The van der Waals surface area contributed by atoms with Crippen LogP contribution >= 0.6 is 0 Å². The van der Waals surface area contributed by atoms with Crippen molar-refractivity contribution in [3.63, 3.8) is 0 Å². The minimum absolute atomic E-state index is 0.175. The second-order valence-electron chi connectivity index (χ2n) is 6.90. The quantitative estimate of drug-likeness (QED) is 0.278. The van der Waals surface area contributed by atoms with Crippen LogP contribution in [0.4, 0.5) is 0 Å². The number of nitrogens with zero attached hydrogens (tertiary/aromatic N) is 1. The molecule has 1 aromatic carbocycles. The van der Waals surface area contributed by atoms with Crippen LogP contribution in [0, 0.1) is 11.8 Å². The second kappa shape index (κ2) is 9.93. The first-order valence-corrected chi connectivity index (χ1v) is 9.37. The molecule has 164 valence electrons. The third-order valence-electron chi connectivity index (χ3n) is 5.05. The van der Waals surface area contributed by atoms with Crippen molar-refractivity contribution in [3.8, 4) is 11.8 Å². The average Bonchev–Trinajstić information content (AvgIpc) is 3.28. The molecule has 0 bridgehead atoms. The van der Waals surface area contributed by atoms with Gasteiger partial charge in [-0.05, 0) is 44.2 Å². The lowest BCUT2D eigenvalue weighted by Crippen LogP contribution is -2.64. The van der Waals surface area contributed by atoms with E-state index >= 15 is 0 Å². The summed E-state index contributed by atoms with van der Waals surface area (Å²) in [5, 5.41) is 11.3. The predicted octanol–water partition coefficient (Wildman–Crippen LogP) is 1.47. The van der Waals surface area contributed by atoms with Crippen molar-refractivity contribution in [1.82, 2.24) is 15.7 Å². The van der Waals surface area contributed by atoms with Crippen molar-refractivity contribution >= 4 is 17.7 Å². The summed E-state index contributed by atoms with van der Waals surface area (Å²) in [7, 11) is 4.22. The van der Waals surface area contributed by atoms with Crippen molar-refractivity contribution in [2.45, 2.75) is 25.5 Å². The monoisotopic (exact) mass is 427 g/mol. The first kappa shape index (κ1) is 23.7. The zero-order valence-corrected chi connectivity index (χ0v) is 18.0. The molecule has 0 radical (unpaired) electrons. The fourth-order valence-corrected chi connectivity index (χ4v) is 2.74. The Balaban J connectivity index is 2.21. The van der Waals surface area contributed by atoms with Crippen LogP contribution in [0.2, 0.25) is 0 Å². The maximum absolute atomic E-state index is 12.8. The maximum atomic E-state index is 12.8. The van der Waals surface area contributed by atoms with E-state index in [9.17, 15) is 14.4 Å². The number of likely N-dealkylation sites (N-methyl/N-ethyl adjacent to an activating group) is 2. The molecule has 0 saturated heterocycles. The molecular formula is C22H25N3O6. The number of furan rings is 1. The third-order valence-corrected chi connectivity index (χ3v) is 5.05. The van der Waals surface area contributed by atoms with Gasteiger partial charge >= 0.3 is 0 Å². The number of rotatable bonds is 6. The minimum Gasteiger partial charge on any atom is -0.465 e. The lowest BCUT2D eigenvalue weighted by molar-refractivity contribution is -0.148. The van der Waals surface area contributed by atoms with Gasteiger partial charge in [0.2, 0.25) is 0 Å². The number of methoxy groups -OCH3 is 1. The van der Waals surface area contributed by atoms with Crippen molar-refractivity contribution in [3.05, 3.63) is 59.0 Å². The fraction of sp³-hybridized carbons (Fsp3) is 0.318. The van der Waals surface area contributed by atoms with Gasteiger partial charge in [0.25, 0.3) is 17.7 Å². The molecule has 0 spiro atoms. The Hall–Kier alpha value is -3.61. The Morgan fingerprint density at radius 3 is 2.32 bits per heavy atom. The number of nitrogens with one attached hydrogen (secondary N) is 2. The molecule has 0 aliphatic carbocycles. The summed E-state index contributed by atoms with van der Waals surface area (Å²) < 4.78 is 10.6. The predicted molar refractivity (Wildman–Crippen MR) is 111 cm³/mol. The summed E-state index contributed by atoms with van der Waals surface area (Å²) in [6.07, 6.45) is 1.36. The molecule has 2 aromatic rings. The van der Waals surface area contributed by atoms with Gasteiger partial charge in [-0.3, -0.25) is 19.6 Å². The van der Waals surface area contributed by atoms with Crippen molar-refractivity contribution < 1.29 is 28.7 Å². The first-order valence-electron chi connectivity index (χ1n) is 9.37. The first-order chi connectivity index (χ1) is 14.7. The van der Waals surface area contributed by atoms with Crippen molar-refractivity contribution in [2.24, 2.45) is 0 Å². The van der Waals surface area contributed by atoms with E-state index in [0.717, 1.165) is 4.90 Å². The van der Waals surface area contributed by atoms with E-state index in [1.54, 1.807) is 25.3 Å². The summed E-state index contributed by atoms with van der Waals surface area (Å²) in [6.45, 7) is 3.10. The van der Waals surface area contributed by atoms with E-state index in [1.165, 1.54) is 44.9 Å². The van der Waals surface area contributed by atoms with E-state index in [0.29, 0.717) is 16.9 Å². The molecule has 3 amide bonds. The highest BCUT2D eigenvalue weighted by atomic mass is 16.5. The zero-order valence-electron chi connectivity index (χ0n) is 18.0. The van der Waals surface area contributed by atoms with Gasteiger partial charge in [-0.15, -0.1) is 0 Å². The van der Waals surface area contributed by atoms with Crippen molar-refractivity contribution in [1.29, 1.82) is 0 Å². The normalized spacial score (nSPS) is 13.2. The largest absolute Gasteiger partial charge is 0.465 e. The Labute approximate surface area is 180 Å². The van der Waals surface area contributed by atoms with E-state index in [1.807, 2.05) is 6.92 Å². The van der Waals surface area contributed by atoms with Crippen LogP contribution in [-0.2, 0) is 14.3 Å². The van der Waals surface area contributed by atoms with Crippen LogP contribution in [-0.4, -0.2) is 54.6 Å². The van der Waals surface area contributed by atoms with Gasteiger partial charge in [-0.25, -0.2) is 5.48 Å². The van der Waals surface area contributed by atoms with Crippen LogP contribution in [0.3, 0.4) is 0 Å². The van der Waals surface area contributed by atoms with Gasteiger partial charge in [-0.2, -0.15) is 0 Å². The standard InChI is InChI=1S/C22H25N3O6/c1-14(30-5)18-12-16(13-31-18)7-6-15-8-10-17(11-9-15)19(26)25(4)22(2,20(27)23-3)21(28)24-29/h8-14,29H,1-5H3,(H,23,27)(H,24,28)/t14?,22-/m0/s1. The zero-order chi connectivity index (χ0) is 23.2. The van der Waals surface area contributed by atoms with E-state index in [-0.39, 0.29) is 11.7 Å². The molecule has 0 aliphatic rings. The van der Waals surface area contributed by atoms with Crippen LogP contribution in [0.1, 0.15) is 47.2 Å². The van der Waals surface area contributed by atoms with Crippen LogP contribution in [0.5, 0.6) is 0 Å². The van der Waals surface area contributed by atoms with Crippen LogP contribution in [0.15, 0.2) is 41.0 Å². The maximum Gasteiger partial charge on any atom is 0.278 e. The SMILES string of the molecule is CNC(=O)[C@@](C)(C(=O)NO)N(C)C(=O)c1ccc(C#Cc2coc(C(C)OC)c2)cc1. The van der Waals surface area contributed by atoms with E-state index in [2.05, 4.69) is 17.2 Å². The molecule has 9 heteroatoms. The molecule has 1 aromatic heterocycles. The number of carbonyl (C=O) groups is 3. The Morgan fingerprint density at radius 1 is 1.16 bits per heavy atom. The highest BCUT2D eigenvalue weighted by molar-refractivity contribution is 6.12. The summed E-state index contributed by atoms with van der Waals surface area (Å²) >= 11 is 0. The van der Waals surface area contributed by atoms with Gasteiger partial charge in [0.1, 0.15) is 18.1 Å². The summed E-state index contributed by atoms with van der Waals surface area (Å²) in [6, 6.07) is 8.17. The Morgan fingerprint density at radius 2 is 1.77 bits per heavy atom. The highest BCUT2D eigenvalue weighted by Gasteiger charge is 2.47. The summed E-state index contributed by atoms with van der Waals surface area (Å²) in [5.41, 5.74) is 1.08. The molecule has 2 atom stereocenters. The molecular weight excluding hydrogens is 402 g/mol. The molecule has 9 nitrogen and oxygen atoms in total. The molecule has 1 unspecified atom stereocenters. The smallest absolute Gasteiger partial charge is 0.278 e. The third kappa shape index (κ3) is 4.94. The highest BCUT2D eigenvalue weighted by Crippen LogP contribution is 2.19. The minimum atomic E-state index is -1.95. The number of hydroxylamine groups is 1.